The smallest absolute Gasteiger partial charge is 0.227 e. The molecule has 0 aliphatic carbocycles. The highest BCUT2D eigenvalue weighted by Gasteiger charge is 2.20. The van der Waals surface area contributed by atoms with E-state index in [2.05, 4.69) is 17.1 Å². The van der Waals surface area contributed by atoms with Crippen molar-refractivity contribution < 1.29 is 4.79 Å². The first-order valence-corrected chi connectivity index (χ1v) is 8.31. The Hall–Kier alpha value is -1.68. The summed E-state index contributed by atoms with van der Waals surface area (Å²) in [5.41, 5.74) is 2.28. The molecule has 1 aromatic heterocycles. The van der Waals surface area contributed by atoms with Crippen LogP contribution in [0, 0.1) is 6.92 Å². The third-order valence-electron chi connectivity index (χ3n) is 3.91. The Morgan fingerprint density at radius 2 is 1.95 bits per heavy atom. The first-order valence-electron chi connectivity index (χ1n) is 7.49. The second-order valence-electron chi connectivity index (χ2n) is 5.54. The van der Waals surface area contributed by atoms with Crippen molar-refractivity contribution in [1.82, 2.24) is 9.88 Å². The molecule has 4 heteroatoms. The van der Waals surface area contributed by atoms with Crippen LogP contribution in [0.15, 0.2) is 30.3 Å². The highest BCUT2D eigenvalue weighted by atomic mass is 32.1. The van der Waals surface area contributed by atoms with Gasteiger partial charge in [-0.3, -0.25) is 4.79 Å². The Labute approximate surface area is 129 Å². The molecule has 0 N–H and O–H groups in total. The second kappa shape index (κ2) is 6.39. The van der Waals surface area contributed by atoms with E-state index in [1.165, 1.54) is 5.56 Å². The van der Waals surface area contributed by atoms with Gasteiger partial charge in [-0.1, -0.05) is 30.3 Å². The van der Waals surface area contributed by atoms with Gasteiger partial charge in [0.15, 0.2) is 0 Å². The summed E-state index contributed by atoms with van der Waals surface area (Å²) in [5, 5.41) is 1.10. The van der Waals surface area contributed by atoms with E-state index in [4.69, 9.17) is 0 Å². The quantitative estimate of drug-likeness (QED) is 0.868. The standard InChI is InChI=1S/C17H20N2OS/c1-13-15(12-17(20)19-9-5-6-10-19)21-16(18-13)11-14-7-3-2-4-8-14/h2-4,7-8H,5-6,9-12H2,1H3. The van der Waals surface area contributed by atoms with Gasteiger partial charge in [-0.2, -0.15) is 0 Å². The maximum Gasteiger partial charge on any atom is 0.227 e. The fraction of sp³-hybridized carbons (Fsp3) is 0.412. The minimum absolute atomic E-state index is 0.255. The Morgan fingerprint density at radius 3 is 2.67 bits per heavy atom. The predicted molar refractivity (Wildman–Crippen MR) is 85.6 cm³/mol. The molecule has 3 rings (SSSR count). The zero-order valence-corrected chi connectivity index (χ0v) is 13.2. The van der Waals surface area contributed by atoms with Crippen LogP contribution in [0.1, 0.15) is 34.0 Å². The summed E-state index contributed by atoms with van der Waals surface area (Å²) in [7, 11) is 0. The number of hydrogen-bond acceptors (Lipinski definition) is 3. The fourth-order valence-electron chi connectivity index (χ4n) is 2.71. The number of nitrogens with zero attached hydrogens (tertiary/aromatic N) is 2. The molecule has 0 atom stereocenters. The number of benzene rings is 1. The number of aryl methyl sites for hydroxylation is 1. The summed E-state index contributed by atoms with van der Waals surface area (Å²) in [6.45, 7) is 3.86. The third-order valence-corrected chi connectivity index (χ3v) is 5.06. The number of rotatable bonds is 4. The molecule has 0 spiro atoms. The Kier molecular flexibility index (Phi) is 4.34. The van der Waals surface area contributed by atoms with E-state index >= 15 is 0 Å². The topological polar surface area (TPSA) is 33.2 Å². The zero-order chi connectivity index (χ0) is 14.7. The summed E-state index contributed by atoms with van der Waals surface area (Å²) < 4.78 is 0. The van der Waals surface area contributed by atoms with E-state index in [-0.39, 0.29) is 5.91 Å². The number of likely N-dealkylation sites (tertiary alicyclic amines) is 1. The summed E-state index contributed by atoms with van der Waals surface area (Å²) in [4.78, 5) is 20.0. The Bertz CT molecular complexity index is 615. The van der Waals surface area contributed by atoms with Crippen LogP contribution in [0.2, 0.25) is 0 Å². The molecule has 1 aliphatic heterocycles. The van der Waals surface area contributed by atoms with E-state index in [9.17, 15) is 4.79 Å². The number of hydrogen-bond donors (Lipinski definition) is 0. The molecule has 2 aromatic rings. The molecule has 21 heavy (non-hydrogen) atoms. The summed E-state index contributed by atoms with van der Waals surface area (Å²) >= 11 is 1.68. The van der Waals surface area contributed by atoms with Gasteiger partial charge in [0.25, 0.3) is 0 Å². The van der Waals surface area contributed by atoms with E-state index in [1.54, 1.807) is 11.3 Å². The van der Waals surface area contributed by atoms with E-state index in [1.807, 2.05) is 30.0 Å². The van der Waals surface area contributed by atoms with Crippen LogP contribution in [-0.2, 0) is 17.6 Å². The molecule has 110 valence electrons. The van der Waals surface area contributed by atoms with Gasteiger partial charge >= 0.3 is 0 Å². The number of aromatic nitrogens is 1. The van der Waals surface area contributed by atoms with Crippen molar-refractivity contribution in [2.24, 2.45) is 0 Å². The van der Waals surface area contributed by atoms with Gasteiger partial charge in [0.2, 0.25) is 5.91 Å². The van der Waals surface area contributed by atoms with Gasteiger partial charge in [0, 0.05) is 24.4 Å². The van der Waals surface area contributed by atoms with Crippen LogP contribution >= 0.6 is 11.3 Å². The first kappa shape index (κ1) is 14.3. The van der Waals surface area contributed by atoms with Crippen LogP contribution in [-0.4, -0.2) is 28.9 Å². The minimum Gasteiger partial charge on any atom is -0.342 e. The second-order valence-corrected chi connectivity index (χ2v) is 6.71. The van der Waals surface area contributed by atoms with Crippen molar-refractivity contribution in [2.75, 3.05) is 13.1 Å². The maximum absolute atomic E-state index is 12.2. The fourth-order valence-corrected chi connectivity index (χ4v) is 3.81. The van der Waals surface area contributed by atoms with E-state index < -0.39 is 0 Å². The van der Waals surface area contributed by atoms with Crippen LogP contribution < -0.4 is 0 Å². The van der Waals surface area contributed by atoms with Crippen molar-refractivity contribution in [1.29, 1.82) is 0 Å². The van der Waals surface area contributed by atoms with Gasteiger partial charge in [0.1, 0.15) is 0 Å². The van der Waals surface area contributed by atoms with Gasteiger partial charge in [-0.25, -0.2) is 4.98 Å². The molecule has 1 fully saturated rings. The summed E-state index contributed by atoms with van der Waals surface area (Å²) in [5.74, 6) is 0.255. The molecular weight excluding hydrogens is 280 g/mol. The molecule has 0 unspecified atom stereocenters. The lowest BCUT2D eigenvalue weighted by Crippen LogP contribution is -2.28. The molecule has 1 aromatic carbocycles. The van der Waals surface area contributed by atoms with Crippen molar-refractivity contribution in [3.63, 3.8) is 0 Å². The van der Waals surface area contributed by atoms with Crippen molar-refractivity contribution in [3.8, 4) is 0 Å². The summed E-state index contributed by atoms with van der Waals surface area (Å²) in [6, 6.07) is 10.4. The van der Waals surface area contributed by atoms with Crippen molar-refractivity contribution in [3.05, 3.63) is 51.5 Å². The lowest BCUT2D eigenvalue weighted by atomic mass is 10.2. The zero-order valence-electron chi connectivity index (χ0n) is 12.3. The maximum atomic E-state index is 12.2. The SMILES string of the molecule is Cc1nc(Cc2ccccc2)sc1CC(=O)N1CCCC1. The molecule has 1 aliphatic rings. The Morgan fingerprint density at radius 1 is 1.24 bits per heavy atom. The number of thiazole rings is 1. The van der Waals surface area contributed by atoms with Crippen LogP contribution in [0.4, 0.5) is 0 Å². The van der Waals surface area contributed by atoms with E-state index in [0.29, 0.717) is 6.42 Å². The summed E-state index contributed by atoms with van der Waals surface area (Å²) in [6.07, 6.45) is 3.65. The normalized spacial score (nSPS) is 14.6. The predicted octanol–water partition coefficient (Wildman–Crippen LogP) is 3.21. The molecule has 2 heterocycles. The average molecular weight is 300 g/mol. The average Bonchev–Trinajstić information content (AvgIpc) is 3.11. The van der Waals surface area contributed by atoms with Crippen molar-refractivity contribution in [2.45, 2.75) is 32.6 Å². The van der Waals surface area contributed by atoms with E-state index in [0.717, 1.165) is 47.9 Å². The van der Waals surface area contributed by atoms with Gasteiger partial charge in [-0.05, 0) is 25.3 Å². The first-order chi connectivity index (χ1) is 10.2. The molecule has 3 nitrogen and oxygen atoms in total. The lowest BCUT2D eigenvalue weighted by molar-refractivity contribution is -0.129. The van der Waals surface area contributed by atoms with Crippen molar-refractivity contribution >= 4 is 17.2 Å². The van der Waals surface area contributed by atoms with Gasteiger partial charge in [0.05, 0.1) is 17.1 Å². The van der Waals surface area contributed by atoms with Gasteiger partial charge in [-0.15, -0.1) is 11.3 Å². The highest BCUT2D eigenvalue weighted by molar-refractivity contribution is 7.11. The third kappa shape index (κ3) is 3.50. The molecule has 1 saturated heterocycles. The Balaban J connectivity index is 1.68. The largest absolute Gasteiger partial charge is 0.342 e. The van der Waals surface area contributed by atoms with Gasteiger partial charge < -0.3 is 4.90 Å². The number of amides is 1. The minimum atomic E-state index is 0.255. The monoisotopic (exact) mass is 300 g/mol. The van der Waals surface area contributed by atoms with Crippen LogP contribution in [0.3, 0.4) is 0 Å². The molecule has 0 radical (unpaired) electrons. The molecule has 1 amide bonds. The van der Waals surface area contributed by atoms with Crippen LogP contribution in [0.25, 0.3) is 0 Å². The molecule has 0 bridgehead atoms. The van der Waals surface area contributed by atoms with Crippen LogP contribution in [0.5, 0.6) is 0 Å². The molecule has 0 saturated carbocycles. The number of carbonyl (C=O) groups excluding carboxylic acids is 1. The molecular formula is C17H20N2OS. The number of carbonyl (C=O) groups is 1. The highest BCUT2D eigenvalue weighted by Crippen LogP contribution is 2.22. The lowest BCUT2D eigenvalue weighted by Gasteiger charge is -2.14.